The molecule has 0 bridgehead atoms. The van der Waals surface area contributed by atoms with E-state index in [-0.39, 0.29) is 4.90 Å². The van der Waals surface area contributed by atoms with E-state index in [9.17, 15) is 8.42 Å². The fourth-order valence-corrected chi connectivity index (χ4v) is 4.91. The van der Waals surface area contributed by atoms with E-state index >= 15 is 0 Å². The largest absolute Gasteiger partial charge is 0.457 e. The molecule has 0 saturated heterocycles. The van der Waals surface area contributed by atoms with Crippen molar-refractivity contribution in [2.24, 2.45) is 0 Å². The van der Waals surface area contributed by atoms with Gasteiger partial charge in [-0.25, -0.2) is 8.42 Å². The van der Waals surface area contributed by atoms with Gasteiger partial charge in [0.1, 0.15) is 11.5 Å². The molecule has 4 aromatic rings. The standard InChI is InChI=1S/C27H29N3O3S/c1-19(2)23-13-15-26(16-14-23)34(31,32)29-27-20(3)28-30(21(27)4)18-22-9-8-12-25(17-22)33-24-10-6-5-7-11-24/h5-17,19,29H,18H2,1-4H3. The number of hydrogen-bond donors (Lipinski definition) is 1. The third-order valence-corrected chi connectivity index (χ3v) is 7.05. The molecule has 0 aliphatic carbocycles. The highest BCUT2D eigenvalue weighted by atomic mass is 32.2. The number of benzene rings is 3. The second-order valence-electron chi connectivity index (χ2n) is 8.60. The van der Waals surface area contributed by atoms with Crippen LogP contribution in [0, 0.1) is 13.8 Å². The van der Waals surface area contributed by atoms with Gasteiger partial charge in [0.25, 0.3) is 10.0 Å². The van der Waals surface area contributed by atoms with Gasteiger partial charge in [-0.1, -0.05) is 56.3 Å². The Morgan fingerprint density at radius 1 is 0.912 bits per heavy atom. The highest BCUT2D eigenvalue weighted by molar-refractivity contribution is 7.92. The molecule has 3 aromatic carbocycles. The first-order chi connectivity index (χ1) is 16.2. The summed E-state index contributed by atoms with van der Waals surface area (Å²) in [6.45, 7) is 8.31. The molecule has 0 aliphatic heterocycles. The van der Waals surface area contributed by atoms with Gasteiger partial charge in [-0.15, -0.1) is 0 Å². The first-order valence-electron chi connectivity index (χ1n) is 11.2. The molecule has 0 aliphatic rings. The maximum atomic E-state index is 13.0. The number of sulfonamides is 1. The van der Waals surface area contributed by atoms with Crippen molar-refractivity contribution in [1.82, 2.24) is 9.78 Å². The lowest BCUT2D eigenvalue weighted by molar-refractivity contribution is 0.481. The number of anilines is 1. The summed E-state index contributed by atoms with van der Waals surface area (Å²) in [7, 11) is -3.72. The number of aromatic nitrogens is 2. The predicted molar refractivity (Wildman–Crippen MR) is 135 cm³/mol. The van der Waals surface area contributed by atoms with Crippen molar-refractivity contribution >= 4 is 15.7 Å². The van der Waals surface area contributed by atoms with E-state index < -0.39 is 10.0 Å². The first-order valence-corrected chi connectivity index (χ1v) is 12.7. The van der Waals surface area contributed by atoms with Gasteiger partial charge < -0.3 is 4.74 Å². The minimum atomic E-state index is -3.72. The molecule has 176 valence electrons. The second kappa shape index (κ2) is 9.73. The molecule has 1 aromatic heterocycles. The molecule has 34 heavy (non-hydrogen) atoms. The molecule has 6 nitrogen and oxygen atoms in total. The van der Waals surface area contributed by atoms with Crippen molar-refractivity contribution in [3.63, 3.8) is 0 Å². The van der Waals surface area contributed by atoms with E-state index in [1.165, 1.54) is 0 Å². The Labute approximate surface area is 201 Å². The normalized spacial score (nSPS) is 11.6. The van der Waals surface area contributed by atoms with Crippen LogP contribution in [0.15, 0.2) is 83.8 Å². The Morgan fingerprint density at radius 3 is 2.26 bits per heavy atom. The summed E-state index contributed by atoms with van der Waals surface area (Å²) in [5.74, 6) is 1.84. The van der Waals surface area contributed by atoms with E-state index in [2.05, 4.69) is 23.7 Å². The molecule has 0 spiro atoms. The van der Waals surface area contributed by atoms with E-state index in [0.717, 1.165) is 28.3 Å². The maximum absolute atomic E-state index is 13.0. The van der Waals surface area contributed by atoms with Crippen LogP contribution < -0.4 is 9.46 Å². The summed E-state index contributed by atoms with van der Waals surface area (Å²) in [4.78, 5) is 0.231. The quantitative estimate of drug-likeness (QED) is 0.326. The SMILES string of the molecule is Cc1nn(Cc2cccc(Oc3ccccc3)c2)c(C)c1NS(=O)(=O)c1ccc(C(C)C)cc1. The average Bonchev–Trinajstić information content (AvgIpc) is 3.07. The second-order valence-corrected chi connectivity index (χ2v) is 10.3. The minimum absolute atomic E-state index is 0.231. The van der Waals surface area contributed by atoms with E-state index in [0.29, 0.717) is 23.8 Å². The number of rotatable bonds is 8. The molecule has 0 amide bonds. The van der Waals surface area contributed by atoms with Crippen LogP contribution in [0.5, 0.6) is 11.5 Å². The summed E-state index contributed by atoms with van der Waals surface area (Å²) in [5.41, 5.74) is 3.96. The number of nitrogens with one attached hydrogen (secondary N) is 1. The molecular formula is C27H29N3O3S. The predicted octanol–water partition coefficient (Wildman–Crippen LogP) is 6.26. The lowest BCUT2D eigenvalue weighted by Crippen LogP contribution is -2.14. The molecule has 1 N–H and O–H groups in total. The number of nitrogens with zero attached hydrogens (tertiary/aromatic N) is 2. The van der Waals surface area contributed by atoms with Crippen LogP contribution in [0.3, 0.4) is 0 Å². The zero-order valence-corrected chi connectivity index (χ0v) is 20.6. The zero-order valence-electron chi connectivity index (χ0n) is 19.8. The van der Waals surface area contributed by atoms with Gasteiger partial charge in [0.05, 0.1) is 28.5 Å². The molecule has 0 fully saturated rings. The van der Waals surface area contributed by atoms with Crippen LogP contribution in [0.2, 0.25) is 0 Å². The van der Waals surface area contributed by atoms with Crippen LogP contribution in [0.25, 0.3) is 0 Å². The van der Waals surface area contributed by atoms with Crippen molar-refractivity contribution in [1.29, 1.82) is 0 Å². The Balaban J connectivity index is 1.53. The molecule has 7 heteroatoms. The monoisotopic (exact) mass is 475 g/mol. The van der Waals surface area contributed by atoms with Gasteiger partial charge >= 0.3 is 0 Å². The topological polar surface area (TPSA) is 73.2 Å². The lowest BCUT2D eigenvalue weighted by Gasteiger charge is -2.11. The van der Waals surface area contributed by atoms with Gasteiger partial charge in [-0.2, -0.15) is 5.10 Å². The van der Waals surface area contributed by atoms with Crippen molar-refractivity contribution in [3.05, 3.63) is 101 Å². The van der Waals surface area contributed by atoms with Crippen LogP contribution >= 0.6 is 0 Å². The smallest absolute Gasteiger partial charge is 0.262 e. The molecule has 0 radical (unpaired) electrons. The average molecular weight is 476 g/mol. The third kappa shape index (κ3) is 5.31. The van der Waals surface area contributed by atoms with E-state index in [1.54, 1.807) is 23.7 Å². The van der Waals surface area contributed by atoms with Crippen molar-refractivity contribution in [3.8, 4) is 11.5 Å². The Kier molecular flexibility index (Phi) is 6.75. The van der Waals surface area contributed by atoms with E-state index in [1.807, 2.05) is 73.7 Å². The van der Waals surface area contributed by atoms with E-state index in [4.69, 9.17) is 4.74 Å². The van der Waals surface area contributed by atoms with Gasteiger partial charge in [0.2, 0.25) is 0 Å². The molecule has 0 saturated carbocycles. The maximum Gasteiger partial charge on any atom is 0.262 e. The van der Waals surface area contributed by atoms with Crippen LogP contribution in [-0.2, 0) is 16.6 Å². The first kappa shape index (κ1) is 23.6. The van der Waals surface area contributed by atoms with Crippen molar-refractivity contribution in [2.75, 3.05) is 4.72 Å². The summed E-state index contributed by atoms with van der Waals surface area (Å²) in [6, 6.07) is 24.4. The summed E-state index contributed by atoms with van der Waals surface area (Å²) >= 11 is 0. The van der Waals surface area contributed by atoms with Crippen LogP contribution in [0.1, 0.15) is 42.3 Å². The molecule has 0 unspecified atom stereocenters. The number of aryl methyl sites for hydroxylation is 1. The highest BCUT2D eigenvalue weighted by Gasteiger charge is 2.20. The van der Waals surface area contributed by atoms with Gasteiger partial charge in [-0.3, -0.25) is 9.40 Å². The molecule has 0 atom stereocenters. The summed E-state index contributed by atoms with van der Waals surface area (Å²) in [6.07, 6.45) is 0. The summed E-state index contributed by atoms with van der Waals surface area (Å²) in [5, 5.41) is 4.58. The fourth-order valence-electron chi connectivity index (χ4n) is 3.73. The van der Waals surface area contributed by atoms with Crippen molar-refractivity contribution < 1.29 is 13.2 Å². The fraction of sp³-hybridized carbons (Fsp3) is 0.222. The number of para-hydroxylation sites is 1. The Bertz CT molecular complexity index is 1380. The van der Waals surface area contributed by atoms with Crippen molar-refractivity contribution in [2.45, 2.75) is 45.1 Å². The third-order valence-electron chi connectivity index (χ3n) is 5.68. The number of ether oxygens (including phenoxy) is 1. The minimum Gasteiger partial charge on any atom is -0.457 e. The highest BCUT2D eigenvalue weighted by Crippen LogP contribution is 2.26. The van der Waals surface area contributed by atoms with Crippen LogP contribution in [0.4, 0.5) is 5.69 Å². The zero-order chi connectivity index (χ0) is 24.3. The van der Waals surface area contributed by atoms with Gasteiger partial charge in [0, 0.05) is 0 Å². The number of hydrogen-bond acceptors (Lipinski definition) is 4. The van der Waals surface area contributed by atoms with Gasteiger partial charge in [0.15, 0.2) is 0 Å². The van der Waals surface area contributed by atoms with Gasteiger partial charge in [-0.05, 0) is 67.3 Å². The Hall–Kier alpha value is -3.58. The lowest BCUT2D eigenvalue weighted by atomic mass is 10.0. The Morgan fingerprint density at radius 2 is 1.59 bits per heavy atom. The van der Waals surface area contributed by atoms with Crippen LogP contribution in [-0.4, -0.2) is 18.2 Å². The summed E-state index contributed by atoms with van der Waals surface area (Å²) < 4.78 is 36.5. The molecular weight excluding hydrogens is 446 g/mol. The molecule has 1 heterocycles. The molecule has 4 rings (SSSR count).